The quantitative estimate of drug-likeness (QED) is 0.460. The molecule has 134 valence electrons. The lowest BCUT2D eigenvalue weighted by molar-refractivity contribution is 0.0730. The number of carbonyl (C=O) groups excluding carboxylic acids is 1. The number of nitrogens with two attached hydrogens (primary N) is 1. The van der Waals surface area contributed by atoms with Crippen molar-refractivity contribution in [2.24, 2.45) is 5.73 Å². The third-order valence-electron chi connectivity index (χ3n) is 3.89. The van der Waals surface area contributed by atoms with Crippen molar-refractivity contribution in [1.82, 2.24) is 15.1 Å². The Bertz CT molecular complexity index is 847. The van der Waals surface area contributed by atoms with Crippen LogP contribution in [0.2, 0.25) is 0 Å². The van der Waals surface area contributed by atoms with E-state index < -0.39 is 0 Å². The first kappa shape index (κ1) is 19.2. The molecule has 0 aliphatic heterocycles. The first-order valence-electron chi connectivity index (χ1n) is 7.89. The summed E-state index contributed by atoms with van der Waals surface area (Å²) in [6, 6.07) is 17.2. The Morgan fingerprint density at radius 1 is 1.00 bits per heavy atom. The molecule has 0 saturated heterocycles. The fraction of sp³-hybridized carbons (Fsp3) is 0.105. The van der Waals surface area contributed by atoms with Gasteiger partial charge in [0, 0.05) is 24.8 Å². The van der Waals surface area contributed by atoms with Crippen molar-refractivity contribution >= 4 is 24.1 Å². The fourth-order valence-corrected chi connectivity index (χ4v) is 2.56. The van der Waals surface area contributed by atoms with Crippen molar-refractivity contribution in [3.8, 4) is 0 Å². The fourth-order valence-electron chi connectivity index (χ4n) is 2.56. The van der Waals surface area contributed by atoms with Gasteiger partial charge in [0.25, 0.3) is 5.91 Å². The molecule has 4 N–H and O–H groups in total. The van der Waals surface area contributed by atoms with Gasteiger partial charge >= 0.3 is 0 Å². The second kappa shape index (κ2) is 8.82. The van der Waals surface area contributed by atoms with Crippen molar-refractivity contribution in [2.45, 2.75) is 13.1 Å². The van der Waals surface area contributed by atoms with E-state index in [0.29, 0.717) is 24.2 Å². The molecule has 1 heterocycles. The van der Waals surface area contributed by atoms with Gasteiger partial charge in [0.2, 0.25) is 0 Å². The summed E-state index contributed by atoms with van der Waals surface area (Å²) in [4.78, 5) is 14.6. The Hall–Kier alpha value is -3.12. The van der Waals surface area contributed by atoms with E-state index >= 15 is 0 Å². The molecule has 7 heteroatoms. The third-order valence-corrected chi connectivity index (χ3v) is 3.89. The smallest absolute Gasteiger partial charge is 0.257 e. The number of nitrogen functional groups attached to an aromatic ring is 1. The van der Waals surface area contributed by atoms with E-state index in [1.54, 1.807) is 23.2 Å². The molecule has 3 aromatic rings. The normalized spacial score (nSPS) is 10.0. The average molecular weight is 370 g/mol. The number of aromatic nitrogens is 2. The van der Waals surface area contributed by atoms with Gasteiger partial charge < -0.3 is 10.6 Å². The van der Waals surface area contributed by atoms with E-state index in [4.69, 9.17) is 11.1 Å². The molecule has 0 aliphatic carbocycles. The van der Waals surface area contributed by atoms with Crippen LogP contribution >= 0.6 is 12.4 Å². The maximum atomic E-state index is 12.8. The number of nitrogens with zero attached hydrogens (tertiary/aromatic N) is 2. The molecule has 0 radical (unpaired) electrons. The van der Waals surface area contributed by atoms with Gasteiger partial charge in [0.1, 0.15) is 5.84 Å². The monoisotopic (exact) mass is 369 g/mol. The van der Waals surface area contributed by atoms with Crippen LogP contribution in [0.1, 0.15) is 27.0 Å². The van der Waals surface area contributed by atoms with Gasteiger partial charge in [0.15, 0.2) is 0 Å². The van der Waals surface area contributed by atoms with Crippen molar-refractivity contribution in [3.63, 3.8) is 0 Å². The minimum absolute atomic E-state index is 0. The molecule has 0 fully saturated rings. The molecule has 0 aliphatic rings. The zero-order valence-electron chi connectivity index (χ0n) is 14.1. The van der Waals surface area contributed by atoms with Crippen LogP contribution in [0.15, 0.2) is 67.0 Å². The Balaban J connectivity index is 0.00000243. The largest absolute Gasteiger partial charge is 0.384 e. The number of H-pyrrole nitrogens is 1. The lowest BCUT2D eigenvalue weighted by Crippen LogP contribution is -2.30. The first-order chi connectivity index (χ1) is 12.1. The Labute approximate surface area is 158 Å². The minimum Gasteiger partial charge on any atom is -0.384 e. The van der Waals surface area contributed by atoms with E-state index in [-0.39, 0.29) is 24.1 Å². The number of aromatic amines is 1. The first-order valence-corrected chi connectivity index (χ1v) is 7.89. The SMILES string of the molecule is Cl.N=C(N)c1ccc(CN(Cc2ccccc2)C(=O)c2cn[nH]c2)cc1. The van der Waals surface area contributed by atoms with Crippen LogP contribution in [0.5, 0.6) is 0 Å². The number of halogens is 1. The van der Waals surface area contributed by atoms with E-state index in [1.165, 1.54) is 6.20 Å². The predicted molar refractivity (Wildman–Crippen MR) is 103 cm³/mol. The van der Waals surface area contributed by atoms with Crippen LogP contribution in [-0.4, -0.2) is 26.8 Å². The molecular weight excluding hydrogens is 350 g/mol. The van der Waals surface area contributed by atoms with Crippen LogP contribution in [0.4, 0.5) is 0 Å². The minimum atomic E-state index is -0.0896. The highest BCUT2D eigenvalue weighted by Crippen LogP contribution is 2.14. The van der Waals surface area contributed by atoms with Crippen molar-refractivity contribution in [1.29, 1.82) is 5.41 Å². The number of amides is 1. The molecule has 1 aromatic heterocycles. The number of hydrogen-bond acceptors (Lipinski definition) is 3. The summed E-state index contributed by atoms with van der Waals surface area (Å²) in [6.07, 6.45) is 3.12. The molecule has 1 amide bonds. The number of benzene rings is 2. The molecule has 26 heavy (non-hydrogen) atoms. The van der Waals surface area contributed by atoms with Crippen molar-refractivity contribution in [3.05, 3.63) is 89.2 Å². The highest BCUT2D eigenvalue weighted by atomic mass is 35.5. The summed E-state index contributed by atoms with van der Waals surface area (Å²) in [7, 11) is 0. The molecule has 0 spiro atoms. The van der Waals surface area contributed by atoms with Gasteiger partial charge in [-0.05, 0) is 11.1 Å². The summed E-state index contributed by atoms with van der Waals surface area (Å²) in [5.41, 5.74) is 8.70. The maximum absolute atomic E-state index is 12.8. The second-order valence-electron chi connectivity index (χ2n) is 5.74. The van der Waals surface area contributed by atoms with Gasteiger partial charge in [-0.25, -0.2) is 0 Å². The predicted octanol–water partition coefficient (Wildman–Crippen LogP) is 2.96. The summed E-state index contributed by atoms with van der Waals surface area (Å²) < 4.78 is 0. The zero-order valence-corrected chi connectivity index (χ0v) is 14.9. The van der Waals surface area contributed by atoms with Crippen LogP contribution < -0.4 is 5.73 Å². The number of carbonyl (C=O) groups is 1. The number of hydrogen-bond donors (Lipinski definition) is 3. The van der Waals surface area contributed by atoms with E-state index in [1.807, 2.05) is 42.5 Å². The van der Waals surface area contributed by atoms with Gasteiger partial charge in [-0.1, -0.05) is 54.6 Å². The highest BCUT2D eigenvalue weighted by molar-refractivity contribution is 5.95. The van der Waals surface area contributed by atoms with Gasteiger partial charge in [-0.3, -0.25) is 15.3 Å². The molecule has 2 aromatic carbocycles. The van der Waals surface area contributed by atoms with Gasteiger partial charge in [-0.15, -0.1) is 12.4 Å². The molecule has 6 nitrogen and oxygen atoms in total. The van der Waals surface area contributed by atoms with Crippen molar-refractivity contribution in [2.75, 3.05) is 0 Å². The lowest BCUT2D eigenvalue weighted by atomic mass is 10.1. The molecule has 0 saturated carbocycles. The highest BCUT2D eigenvalue weighted by Gasteiger charge is 2.17. The zero-order chi connectivity index (χ0) is 17.6. The third kappa shape index (κ3) is 4.70. The van der Waals surface area contributed by atoms with Crippen LogP contribution in [0.3, 0.4) is 0 Å². The molecular formula is C19H20ClN5O. The molecule has 3 rings (SSSR count). The number of rotatable bonds is 6. The molecule has 0 atom stereocenters. The lowest BCUT2D eigenvalue weighted by Gasteiger charge is -2.22. The Kier molecular flexibility index (Phi) is 6.52. The number of amidine groups is 1. The Morgan fingerprint density at radius 3 is 2.15 bits per heavy atom. The number of nitrogens with one attached hydrogen (secondary N) is 2. The van der Waals surface area contributed by atoms with Crippen LogP contribution in [-0.2, 0) is 13.1 Å². The van der Waals surface area contributed by atoms with Gasteiger partial charge in [0.05, 0.1) is 11.8 Å². The molecule has 0 unspecified atom stereocenters. The standard InChI is InChI=1S/C19H19N5O.ClH/c20-18(21)16-8-6-15(7-9-16)13-24(12-14-4-2-1-3-5-14)19(25)17-10-22-23-11-17;/h1-11H,12-13H2,(H3,20,21)(H,22,23);1H. The topological polar surface area (TPSA) is 98.9 Å². The second-order valence-corrected chi connectivity index (χ2v) is 5.74. The van der Waals surface area contributed by atoms with E-state index in [0.717, 1.165) is 11.1 Å². The molecule has 0 bridgehead atoms. The average Bonchev–Trinajstić information content (AvgIpc) is 3.16. The van der Waals surface area contributed by atoms with E-state index in [2.05, 4.69) is 10.2 Å². The summed E-state index contributed by atoms with van der Waals surface area (Å²) >= 11 is 0. The van der Waals surface area contributed by atoms with Crippen molar-refractivity contribution < 1.29 is 4.79 Å². The van der Waals surface area contributed by atoms with Crippen LogP contribution in [0, 0.1) is 5.41 Å². The summed E-state index contributed by atoms with van der Waals surface area (Å²) in [6.45, 7) is 0.955. The maximum Gasteiger partial charge on any atom is 0.257 e. The summed E-state index contributed by atoms with van der Waals surface area (Å²) in [5, 5.41) is 14.0. The summed E-state index contributed by atoms with van der Waals surface area (Å²) in [5.74, 6) is -0.0598. The van der Waals surface area contributed by atoms with Gasteiger partial charge in [-0.2, -0.15) is 5.10 Å². The van der Waals surface area contributed by atoms with E-state index in [9.17, 15) is 4.79 Å². The van der Waals surface area contributed by atoms with Crippen LogP contribution in [0.25, 0.3) is 0 Å². The Morgan fingerprint density at radius 2 is 1.62 bits per heavy atom.